The first-order valence-corrected chi connectivity index (χ1v) is 11.5. The molecule has 0 aliphatic carbocycles. The lowest BCUT2D eigenvalue weighted by Gasteiger charge is -2.24. The molecule has 0 saturated carbocycles. The second-order valence-corrected chi connectivity index (χ2v) is 9.31. The number of benzene rings is 2. The maximum absolute atomic E-state index is 13.6. The topological polar surface area (TPSA) is 131 Å². The van der Waals surface area contributed by atoms with E-state index >= 15 is 0 Å². The van der Waals surface area contributed by atoms with Gasteiger partial charge in [0, 0.05) is 19.0 Å². The van der Waals surface area contributed by atoms with Crippen molar-refractivity contribution in [3.8, 4) is 11.5 Å². The van der Waals surface area contributed by atoms with Crippen LogP contribution in [-0.4, -0.2) is 68.2 Å². The number of anilines is 1. The van der Waals surface area contributed by atoms with Crippen LogP contribution in [0.3, 0.4) is 0 Å². The largest absolute Gasteiger partial charge is 0.486 e. The third-order valence-electron chi connectivity index (χ3n) is 5.12. The molecular weight excluding hydrogens is 459 g/mol. The third-order valence-corrected chi connectivity index (χ3v) is 6.99. The van der Waals surface area contributed by atoms with Crippen molar-refractivity contribution < 1.29 is 41.7 Å². The number of sulfonamides is 1. The van der Waals surface area contributed by atoms with E-state index in [2.05, 4.69) is 5.32 Å². The van der Waals surface area contributed by atoms with Crippen LogP contribution in [0.1, 0.15) is 6.42 Å². The minimum absolute atomic E-state index is 0.0855. The van der Waals surface area contributed by atoms with E-state index in [4.69, 9.17) is 14.2 Å². The molecule has 0 bridgehead atoms. The predicted octanol–water partition coefficient (Wildman–Crippen LogP) is 0.903. The van der Waals surface area contributed by atoms with Gasteiger partial charge in [0.05, 0.1) is 16.7 Å². The average molecular weight is 480 g/mol. The number of ether oxygens (including phenoxy) is 3. The second-order valence-electron chi connectivity index (χ2n) is 7.42. The van der Waals surface area contributed by atoms with E-state index in [0.717, 1.165) is 10.4 Å². The van der Waals surface area contributed by atoms with Crippen LogP contribution >= 0.6 is 0 Å². The molecule has 1 fully saturated rings. The smallest absolute Gasteiger partial charge is 0.325 e. The Morgan fingerprint density at radius 3 is 2.64 bits per heavy atom. The lowest BCUT2D eigenvalue weighted by atomic mass is 10.2. The molecule has 0 spiro atoms. The fraction of sp³-hybridized carbons (Fsp3) is 0.333. The van der Waals surface area contributed by atoms with E-state index in [1.54, 1.807) is 0 Å². The van der Waals surface area contributed by atoms with Crippen LogP contribution in [-0.2, 0) is 24.3 Å². The van der Waals surface area contributed by atoms with Gasteiger partial charge in [0.2, 0.25) is 10.0 Å². The first-order valence-electron chi connectivity index (χ1n) is 10.1. The Balaban J connectivity index is 1.45. The van der Waals surface area contributed by atoms with Crippen molar-refractivity contribution in [1.29, 1.82) is 0 Å². The van der Waals surface area contributed by atoms with Crippen molar-refractivity contribution in [3.05, 3.63) is 48.3 Å². The number of rotatable bonds is 6. The number of hydrogen-bond acceptors (Lipinski definition) is 8. The van der Waals surface area contributed by atoms with Gasteiger partial charge in [-0.3, -0.25) is 9.59 Å². The summed E-state index contributed by atoms with van der Waals surface area (Å²) in [6.07, 6.45) is -1.29. The highest BCUT2D eigenvalue weighted by Crippen LogP contribution is 2.35. The Morgan fingerprint density at radius 1 is 1.15 bits per heavy atom. The van der Waals surface area contributed by atoms with Crippen LogP contribution in [0.5, 0.6) is 11.5 Å². The average Bonchev–Trinajstić information content (AvgIpc) is 3.21. The summed E-state index contributed by atoms with van der Waals surface area (Å²) in [5.41, 5.74) is -0.0855. The lowest BCUT2D eigenvalue weighted by Crippen LogP contribution is -2.42. The van der Waals surface area contributed by atoms with Gasteiger partial charge in [-0.15, -0.1) is 0 Å². The number of hydrogen-bond donors (Lipinski definition) is 2. The molecule has 2 N–H and O–H groups in total. The van der Waals surface area contributed by atoms with Crippen LogP contribution in [0.2, 0.25) is 0 Å². The molecule has 0 aromatic heterocycles. The van der Waals surface area contributed by atoms with Crippen LogP contribution in [0.25, 0.3) is 0 Å². The number of aliphatic hydroxyl groups excluding tert-OH is 1. The van der Waals surface area contributed by atoms with Gasteiger partial charge < -0.3 is 24.6 Å². The molecule has 2 aromatic carbocycles. The van der Waals surface area contributed by atoms with Gasteiger partial charge in [-0.05, 0) is 24.3 Å². The molecule has 0 radical (unpaired) electrons. The van der Waals surface area contributed by atoms with Gasteiger partial charge in [-0.25, -0.2) is 12.8 Å². The highest BCUT2D eigenvalue weighted by Gasteiger charge is 2.44. The number of para-hydroxylation sites is 1. The number of amides is 1. The summed E-state index contributed by atoms with van der Waals surface area (Å²) in [6.45, 7) is -0.464. The molecule has 10 nitrogen and oxygen atoms in total. The summed E-state index contributed by atoms with van der Waals surface area (Å²) in [5, 5.41) is 12.3. The van der Waals surface area contributed by atoms with Crippen LogP contribution in [0, 0.1) is 5.82 Å². The number of nitrogens with one attached hydrogen (secondary N) is 1. The number of aliphatic hydroxyl groups is 1. The molecule has 2 aliphatic heterocycles. The van der Waals surface area contributed by atoms with E-state index in [9.17, 15) is 27.5 Å². The quantitative estimate of drug-likeness (QED) is 0.583. The molecule has 12 heteroatoms. The van der Waals surface area contributed by atoms with Crippen molar-refractivity contribution in [3.63, 3.8) is 0 Å². The molecule has 2 atom stereocenters. The molecule has 4 rings (SSSR count). The van der Waals surface area contributed by atoms with Crippen LogP contribution in [0.4, 0.5) is 10.1 Å². The molecule has 2 heterocycles. The van der Waals surface area contributed by atoms with Crippen molar-refractivity contribution in [1.82, 2.24) is 4.31 Å². The maximum atomic E-state index is 13.6. The summed E-state index contributed by atoms with van der Waals surface area (Å²) < 4.78 is 56.6. The SMILES string of the molecule is O=C(COC(=O)[C@@H]1C[C@@H](O)CN1S(=O)(=O)c1ccc2c(c1)OCCO2)Nc1ccccc1F. The highest BCUT2D eigenvalue weighted by atomic mass is 32.2. The Bertz CT molecular complexity index is 1170. The first-order chi connectivity index (χ1) is 15.8. The van der Waals surface area contributed by atoms with Crippen molar-refractivity contribution >= 4 is 27.6 Å². The zero-order chi connectivity index (χ0) is 23.6. The zero-order valence-electron chi connectivity index (χ0n) is 17.3. The molecular formula is C21H21FN2O8S. The Labute approximate surface area is 188 Å². The van der Waals surface area contributed by atoms with Gasteiger partial charge in [0.1, 0.15) is 25.1 Å². The normalized spacial score (nSPS) is 20.3. The maximum Gasteiger partial charge on any atom is 0.325 e. The monoisotopic (exact) mass is 480 g/mol. The predicted molar refractivity (Wildman–Crippen MR) is 112 cm³/mol. The second kappa shape index (κ2) is 9.33. The van der Waals surface area contributed by atoms with E-state index < -0.39 is 46.5 Å². The van der Waals surface area contributed by atoms with E-state index in [0.29, 0.717) is 12.4 Å². The molecule has 2 aliphatic rings. The number of halogens is 1. The van der Waals surface area contributed by atoms with Crippen LogP contribution in [0.15, 0.2) is 47.4 Å². The number of carbonyl (C=O) groups excluding carboxylic acids is 2. The number of esters is 1. The third kappa shape index (κ3) is 4.92. The Morgan fingerprint density at radius 2 is 1.88 bits per heavy atom. The molecule has 33 heavy (non-hydrogen) atoms. The van der Waals surface area contributed by atoms with E-state index in [1.807, 2.05) is 0 Å². The van der Waals surface area contributed by atoms with Gasteiger partial charge in [0.25, 0.3) is 5.91 Å². The Kier molecular flexibility index (Phi) is 6.49. The van der Waals surface area contributed by atoms with Crippen molar-refractivity contribution in [2.24, 2.45) is 0 Å². The number of fused-ring (bicyclic) bond motifs is 1. The van der Waals surface area contributed by atoms with Gasteiger partial charge in [0.15, 0.2) is 18.1 Å². The summed E-state index contributed by atoms with van der Waals surface area (Å²) in [5.74, 6) is -1.80. The van der Waals surface area contributed by atoms with Crippen LogP contribution < -0.4 is 14.8 Å². The lowest BCUT2D eigenvalue weighted by molar-refractivity contribution is -0.150. The summed E-state index contributed by atoms with van der Waals surface area (Å²) >= 11 is 0. The first kappa shape index (κ1) is 23.0. The number of nitrogens with zero attached hydrogens (tertiary/aromatic N) is 1. The summed E-state index contributed by atoms with van der Waals surface area (Å²) in [7, 11) is -4.21. The Hall–Kier alpha value is -3.22. The molecule has 2 aromatic rings. The fourth-order valence-electron chi connectivity index (χ4n) is 3.57. The molecule has 176 valence electrons. The fourth-order valence-corrected chi connectivity index (χ4v) is 5.21. The number of carbonyl (C=O) groups is 2. The highest BCUT2D eigenvalue weighted by molar-refractivity contribution is 7.89. The number of β-amino-alcohol motifs (C(OH)–C–C–N with tert-alkyl or cyclic N) is 1. The van der Waals surface area contributed by atoms with E-state index in [1.165, 1.54) is 36.4 Å². The molecule has 1 saturated heterocycles. The zero-order valence-corrected chi connectivity index (χ0v) is 18.1. The van der Waals surface area contributed by atoms with Gasteiger partial charge in [-0.2, -0.15) is 4.31 Å². The van der Waals surface area contributed by atoms with Gasteiger partial charge in [-0.1, -0.05) is 12.1 Å². The minimum atomic E-state index is -4.21. The van der Waals surface area contributed by atoms with Crippen molar-refractivity contribution in [2.75, 3.05) is 31.7 Å². The van der Waals surface area contributed by atoms with Crippen molar-refractivity contribution in [2.45, 2.75) is 23.5 Å². The summed E-state index contributed by atoms with van der Waals surface area (Å²) in [6, 6.07) is 8.19. The molecule has 0 unspecified atom stereocenters. The standard InChI is InChI=1S/C21H21FN2O8S/c22-15-3-1-2-4-16(15)23-20(26)12-32-21(27)17-9-13(25)11-24(17)33(28,29)14-5-6-18-19(10-14)31-8-7-30-18/h1-6,10,13,17,25H,7-9,11-12H2,(H,23,26)/t13-,17+/m1/s1. The van der Waals surface area contributed by atoms with E-state index in [-0.39, 0.29) is 35.9 Å². The summed E-state index contributed by atoms with van der Waals surface area (Å²) in [4.78, 5) is 24.5. The minimum Gasteiger partial charge on any atom is -0.486 e. The van der Waals surface area contributed by atoms with Gasteiger partial charge >= 0.3 is 5.97 Å². The molecule has 1 amide bonds.